The maximum absolute atomic E-state index is 12.8. The monoisotopic (exact) mass is 363 g/mol. The Morgan fingerprint density at radius 3 is 2.93 bits per heavy atom. The van der Waals surface area contributed by atoms with Crippen molar-refractivity contribution in [3.8, 4) is 11.3 Å². The van der Waals surface area contributed by atoms with E-state index >= 15 is 0 Å². The van der Waals surface area contributed by atoms with Crippen LogP contribution in [-0.2, 0) is 19.6 Å². The molecule has 0 bridgehead atoms. The number of aromatic nitrogens is 5. The quantitative estimate of drug-likeness (QED) is 0.545. The van der Waals surface area contributed by atoms with Crippen LogP contribution >= 0.6 is 0 Å². The van der Waals surface area contributed by atoms with Gasteiger partial charge < -0.3 is 11.1 Å². The van der Waals surface area contributed by atoms with Crippen molar-refractivity contribution in [3.05, 3.63) is 60.3 Å². The minimum atomic E-state index is -0.655. The topological polar surface area (TPSA) is 86.1 Å². The zero-order valence-corrected chi connectivity index (χ0v) is 14.5. The van der Waals surface area contributed by atoms with Crippen molar-refractivity contribution in [2.75, 3.05) is 11.1 Å². The summed E-state index contributed by atoms with van der Waals surface area (Å²) in [5, 5.41) is 7.51. The molecule has 7 nitrogen and oxygen atoms in total. The zero-order valence-electron chi connectivity index (χ0n) is 14.5. The number of halogens is 1. The highest BCUT2D eigenvalue weighted by molar-refractivity contribution is 5.70. The molecule has 0 saturated carbocycles. The maximum Gasteiger partial charge on any atom is 0.181 e. The van der Waals surface area contributed by atoms with Gasteiger partial charge in [0.1, 0.15) is 0 Å². The van der Waals surface area contributed by atoms with Gasteiger partial charge in [-0.05, 0) is 36.1 Å². The van der Waals surface area contributed by atoms with Gasteiger partial charge in [-0.15, -0.1) is 0 Å². The highest BCUT2D eigenvalue weighted by atomic mass is 19.1. The van der Waals surface area contributed by atoms with Gasteiger partial charge in [0.2, 0.25) is 0 Å². The highest BCUT2D eigenvalue weighted by Crippen LogP contribution is 2.28. The summed E-state index contributed by atoms with van der Waals surface area (Å²) in [5.74, 6) is 0.729. The Hall–Kier alpha value is -3.42. The van der Waals surface area contributed by atoms with Crippen LogP contribution in [0.4, 0.5) is 15.9 Å². The third-order valence-electron chi connectivity index (χ3n) is 4.98. The Morgan fingerprint density at radius 2 is 2.07 bits per heavy atom. The molecular weight excluding hydrogens is 345 g/mol. The minimum absolute atomic E-state index is 0.245. The molecule has 1 unspecified atom stereocenters. The standard InChI is InChI=1S/C19H18FN7/c20-11-26-10-14(8-24-26)17-9-23-19-18(22-3-4-27(17)19)25-16-6-12-1-2-15(21)5-13(12)7-16/h1-5,8-10,16H,6-7,11,21H2,(H,22,25). The predicted molar refractivity (Wildman–Crippen MR) is 101 cm³/mol. The first kappa shape index (κ1) is 15.8. The van der Waals surface area contributed by atoms with E-state index in [1.807, 2.05) is 22.7 Å². The number of nitrogens with zero attached hydrogens (tertiary/aromatic N) is 5. The molecule has 0 amide bonds. The summed E-state index contributed by atoms with van der Waals surface area (Å²) in [7, 11) is 0. The Morgan fingerprint density at radius 1 is 1.19 bits per heavy atom. The van der Waals surface area contributed by atoms with E-state index in [1.165, 1.54) is 15.8 Å². The molecule has 0 aliphatic heterocycles. The second-order valence-electron chi connectivity index (χ2n) is 6.78. The van der Waals surface area contributed by atoms with Crippen LogP contribution in [0.1, 0.15) is 11.1 Å². The molecule has 0 saturated heterocycles. The third-order valence-corrected chi connectivity index (χ3v) is 4.98. The van der Waals surface area contributed by atoms with Crippen molar-refractivity contribution in [2.24, 2.45) is 0 Å². The van der Waals surface area contributed by atoms with Gasteiger partial charge in [0.15, 0.2) is 18.3 Å². The average molecular weight is 363 g/mol. The van der Waals surface area contributed by atoms with Crippen molar-refractivity contribution in [1.29, 1.82) is 0 Å². The molecule has 1 atom stereocenters. The lowest BCUT2D eigenvalue weighted by Gasteiger charge is -2.13. The molecular formula is C19H18FN7. The van der Waals surface area contributed by atoms with E-state index in [0.29, 0.717) is 0 Å². The van der Waals surface area contributed by atoms with E-state index in [2.05, 4.69) is 26.4 Å². The highest BCUT2D eigenvalue weighted by Gasteiger charge is 2.23. The summed E-state index contributed by atoms with van der Waals surface area (Å²) in [6.45, 7) is -0.655. The lowest BCUT2D eigenvalue weighted by Crippen LogP contribution is -2.20. The Labute approximate surface area is 154 Å². The summed E-state index contributed by atoms with van der Waals surface area (Å²) >= 11 is 0. The van der Waals surface area contributed by atoms with Gasteiger partial charge in [-0.3, -0.25) is 4.40 Å². The molecule has 3 N–H and O–H groups in total. The SMILES string of the molecule is Nc1ccc2c(c1)CC(Nc1nccn3c(-c4cnn(CF)c4)cnc13)C2. The normalized spacial score (nSPS) is 16.0. The number of hydrogen-bond donors (Lipinski definition) is 2. The number of anilines is 2. The largest absolute Gasteiger partial charge is 0.399 e. The van der Waals surface area contributed by atoms with Gasteiger partial charge >= 0.3 is 0 Å². The molecule has 27 heavy (non-hydrogen) atoms. The third kappa shape index (κ3) is 2.69. The second-order valence-corrected chi connectivity index (χ2v) is 6.78. The van der Waals surface area contributed by atoms with Gasteiger partial charge in [-0.25, -0.2) is 19.0 Å². The van der Waals surface area contributed by atoms with E-state index in [4.69, 9.17) is 5.73 Å². The number of nitrogens with two attached hydrogens (primary N) is 1. The molecule has 3 heterocycles. The van der Waals surface area contributed by atoms with Crippen LogP contribution in [0.25, 0.3) is 16.9 Å². The van der Waals surface area contributed by atoms with Gasteiger partial charge in [-0.2, -0.15) is 5.10 Å². The van der Waals surface area contributed by atoms with Gasteiger partial charge in [0.25, 0.3) is 0 Å². The molecule has 0 fully saturated rings. The van der Waals surface area contributed by atoms with E-state index in [9.17, 15) is 4.39 Å². The van der Waals surface area contributed by atoms with Crippen LogP contribution in [0.15, 0.2) is 49.2 Å². The second kappa shape index (κ2) is 6.08. The van der Waals surface area contributed by atoms with Gasteiger partial charge in [0.05, 0.1) is 18.1 Å². The first-order chi connectivity index (χ1) is 13.2. The van der Waals surface area contributed by atoms with Crippen LogP contribution < -0.4 is 11.1 Å². The molecule has 3 aromatic heterocycles. The fourth-order valence-electron chi connectivity index (χ4n) is 3.73. The summed E-state index contributed by atoms with van der Waals surface area (Å²) in [5.41, 5.74) is 11.7. The molecule has 4 aromatic rings. The van der Waals surface area contributed by atoms with E-state index in [0.717, 1.165) is 41.3 Å². The minimum Gasteiger partial charge on any atom is -0.399 e. The van der Waals surface area contributed by atoms with Crippen LogP contribution in [0.5, 0.6) is 0 Å². The predicted octanol–water partition coefficient (Wildman–Crippen LogP) is 2.68. The molecule has 0 radical (unpaired) electrons. The van der Waals surface area contributed by atoms with Crippen molar-refractivity contribution in [1.82, 2.24) is 24.1 Å². The van der Waals surface area contributed by atoms with Gasteiger partial charge in [-0.1, -0.05) is 6.07 Å². The number of alkyl halides is 1. The van der Waals surface area contributed by atoms with Crippen molar-refractivity contribution in [2.45, 2.75) is 25.7 Å². The number of imidazole rings is 1. The first-order valence-electron chi connectivity index (χ1n) is 8.76. The van der Waals surface area contributed by atoms with E-state index in [1.54, 1.807) is 24.8 Å². The Bertz CT molecular complexity index is 1130. The molecule has 8 heteroatoms. The van der Waals surface area contributed by atoms with Crippen LogP contribution in [0.2, 0.25) is 0 Å². The summed E-state index contributed by atoms with van der Waals surface area (Å²) < 4.78 is 16.0. The summed E-state index contributed by atoms with van der Waals surface area (Å²) in [6, 6.07) is 6.33. The number of fused-ring (bicyclic) bond motifs is 2. The molecule has 1 aliphatic rings. The first-order valence-corrected chi connectivity index (χ1v) is 8.76. The zero-order chi connectivity index (χ0) is 18.4. The maximum atomic E-state index is 12.8. The Kier molecular flexibility index (Phi) is 3.56. The van der Waals surface area contributed by atoms with E-state index < -0.39 is 6.80 Å². The van der Waals surface area contributed by atoms with Crippen LogP contribution in [0.3, 0.4) is 0 Å². The number of hydrogen-bond acceptors (Lipinski definition) is 5. The van der Waals surface area contributed by atoms with Crippen LogP contribution in [0, 0.1) is 0 Å². The lowest BCUT2D eigenvalue weighted by molar-refractivity contribution is 0.350. The van der Waals surface area contributed by atoms with Crippen molar-refractivity contribution >= 4 is 17.2 Å². The fourth-order valence-corrected chi connectivity index (χ4v) is 3.73. The molecule has 136 valence electrons. The smallest absolute Gasteiger partial charge is 0.181 e. The average Bonchev–Trinajstić information content (AvgIpc) is 3.38. The number of rotatable bonds is 4. The van der Waals surface area contributed by atoms with Crippen LogP contribution in [-0.4, -0.2) is 30.2 Å². The fraction of sp³-hybridized carbons (Fsp3) is 0.211. The lowest BCUT2D eigenvalue weighted by atomic mass is 10.1. The summed E-state index contributed by atoms with van der Waals surface area (Å²) in [4.78, 5) is 9.00. The summed E-state index contributed by atoms with van der Waals surface area (Å²) in [6.07, 6.45) is 10.5. The van der Waals surface area contributed by atoms with E-state index in [-0.39, 0.29) is 6.04 Å². The molecule has 0 spiro atoms. The Balaban J connectivity index is 1.45. The molecule has 5 rings (SSSR count). The number of nitrogen functional groups attached to an aromatic ring is 1. The van der Waals surface area contributed by atoms with Crippen molar-refractivity contribution < 1.29 is 4.39 Å². The molecule has 1 aliphatic carbocycles. The molecule has 1 aromatic carbocycles. The van der Waals surface area contributed by atoms with Gasteiger partial charge in [0, 0.05) is 35.9 Å². The van der Waals surface area contributed by atoms with Crippen molar-refractivity contribution in [3.63, 3.8) is 0 Å². The number of benzene rings is 1. The number of nitrogens with one attached hydrogen (secondary N) is 1.